The predicted molar refractivity (Wildman–Crippen MR) is 69.5 cm³/mol. The van der Waals surface area contributed by atoms with Crippen LogP contribution in [0.1, 0.15) is 17.7 Å². The van der Waals surface area contributed by atoms with E-state index in [2.05, 4.69) is 9.97 Å². The molecule has 0 fully saturated rings. The summed E-state index contributed by atoms with van der Waals surface area (Å²) in [7, 11) is 0. The highest BCUT2D eigenvalue weighted by Crippen LogP contribution is 2.29. The minimum atomic E-state index is -0.477. The Morgan fingerprint density at radius 3 is 2.72 bits per heavy atom. The Bertz CT molecular complexity index is 629. The van der Waals surface area contributed by atoms with Gasteiger partial charge in [-0.3, -0.25) is 0 Å². The second-order valence-electron chi connectivity index (χ2n) is 4.25. The molecule has 1 aromatic heterocycles. The lowest BCUT2D eigenvalue weighted by atomic mass is 10.2. The number of hydrogen-bond acceptors (Lipinski definition) is 2. The van der Waals surface area contributed by atoms with Gasteiger partial charge in [-0.25, -0.2) is 14.4 Å². The number of hydrogen-bond donors (Lipinski definition) is 0. The highest BCUT2D eigenvalue weighted by atomic mass is 35.5. The van der Waals surface area contributed by atoms with Crippen LogP contribution in [0.15, 0.2) is 18.2 Å². The summed E-state index contributed by atoms with van der Waals surface area (Å²) < 4.78 is 13.4. The Morgan fingerprint density at radius 1 is 1.11 bits per heavy atom. The quantitative estimate of drug-likeness (QED) is 0.737. The van der Waals surface area contributed by atoms with E-state index in [9.17, 15) is 4.39 Å². The molecule has 0 bridgehead atoms. The van der Waals surface area contributed by atoms with Gasteiger partial charge in [-0.15, -0.1) is 0 Å². The highest BCUT2D eigenvalue weighted by molar-refractivity contribution is 6.31. The molecule has 2 nitrogen and oxygen atoms in total. The van der Waals surface area contributed by atoms with Crippen LogP contribution in [0.5, 0.6) is 0 Å². The van der Waals surface area contributed by atoms with Gasteiger partial charge in [0.25, 0.3) is 0 Å². The molecule has 0 N–H and O–H groups in total. The van der Waals surface area contributed by atoms with Gasteiger partial charge < -0.3 is 0 Å². The van der Waals surface area contributed by atoms with E-state index >= 15 is 0 Å². The first-order valence-electron chi connectivity index (χ1n) is 5.66. The molecule has 2 aromatic rings. The van der Waals surface area contributed by atoms with Gasteiger partial charge in [0.05, 0.1) is 5.02 Å². The topological polar surface area (TPSA) is 25.8 Å². The second-order valence-corrected chi connectivity index (χ2v) is 5.01. The molecule has 1 heterocycles. The lowest BCUT2D eigenvalue weighted by Gasteiger charge is -2.06. The zero-order chi connectivity index (χ0) is 12.7. The predicted octanol–water partition coefficient (Wildman–Crippen LogP) is 4.08. The molecule has 0 unspecified atom stereocenters. The molecule has 0 saturated carbocycles. The average molecular weight is 283 g/mol. The third-order valence-electron chi connectivity index (χ3n) is 3.06. The van der Waals surface area contributed by atoms with Crippen molar-refractivity contribution in [2.24, 2.45) is 0 Å². The van der Waals surface area contributed by atoms with Gasteiger partial charge in [-0.1, -0.05) is 23.2 Å². The van der Waals surface area contributed by atoms with E-state index in [0.29, 0.717) is 16.5 Å². The van der Waals surface area contributed by atoms with Crippen LogP contribution in [0, 0.1) is 5.82 Å². The minimum Gasteiger partial charge on any atom is -0.233 e. The number of fused-ring (bicyclic) bond motifs is 1. The Kier molecular flexibility index (Phi) is 2.96. The maximum absolute atomic E-state index is 13.4. The molecule has 92 valence electrons. The molecule has 1 aliphatic carbocycles. The molecule has 3 rings (SSSR count). The van der Waals surface area contributed by atoms with Crippen molar-refractivity contribution in [2.75, 3.05) is 0 Å². The normalized spacial score (nSPS) is 13.7. The number of aryl methyl sites for hydroxylation is 1. The van der Waals surface area contributed by atoms with Crippen LogP contribution in [0.3, 0.4) is 0 Å². The molecular weight excluding hydrogens is 274 g/mol. The Labute approximate surface area is 114 Å². The molecule has 0 saturated heterocycles. The number of benzene rings is 1. The molecule has 18 heavy (non-hydrogen) atoms. The zero-order valence-electron chi connectivity index (χ0n) is 9.38. The van der Waals surface area contributed by atoms with Crippen LogP contribution in [-0.4, -0.2) is 9.97 Å². The maximum atomic E-state index is 13.4. The summed E-state index contributed by atoms with van der Waals surface area (Å²) in [4.78, 5) is 8.68. The van der Waals surface area contributed by atoms with E-state index in [0.717, 1.165) is 30.5 Å². The van der Waals surface area contributed by atoms with Crippen molar-refractivity contribution in [1.82, 2.24) is 9.97 Å². The zero-order valence-corrected chi connectivity index (χ0v) is 10.9. The summed E-state index contributed by atoms with van der Waals surface area (Å²) in [6, 6.07) is 4.52. The van der Waals surface area contributed by atoms with Gasteiger partial charge in [-0.05, 0) is 37.5 Å². The number of halogens is 3. The van der Waals surface area contributed by atoms with E-state index in [-0.39, 0.29) is 5.02 Å². The first-order valence-corrected chi connectivity index (χ1v) is 6.41. The summed E-state index contributed by atoms with van der Waals surface area (Å²) in [5.74, 6) is -0.0226. The van der Waals surface area contributed by atoms with Crippen LogP contribution in [0.2, 0.25) is 10.2 Å². The molecule has 0 aliphatic heterocycles. The van der Waals surface area contributed by atoms with E-state index in [1.807, 2.05) is 0 Å². The first-order chi connectivity index (χ1) is 8.65. The first kappa shape index (κ1) is 11.9. The Morgan fingerprint density at radius 2 is 1.94 bits per heavy atom. The largest absolute Gasteiger partial charge is 0.233 e. The summed E-state index contributed by atoms with van der Waals surface area (Å²) in [5, 5.41) is 0.564. The molecule has 0 amide bonds. The summed E-state index contributed by atoms with van der Waals surface area (Å²) in [6.07, 6.45) is 2.87. The minimum absolute atomic E-state index is 0.0889. The van der Waals surface area contributed by atoms with Crippen molar-refractivity contribution in [3.8, 4) is 11.4 Å². The molecule has 5 heteroatoms. The standard InChI is InChI=1S/C13H9Cl2FN2/c14-9-5-4-7(6-10(9)16)13-17-11-3-1-2-8(11)12(15)18-13/h4-6H,1-3H2. The maximum Gasteiger partial charge on any atom is 0.161 e. The van der Waals surface area contributed by atoms with E-state index in [4.69, 9.17) is 23.2 Å². The van der Waals surface area contributed by atoms with Crippen LogP contribution in [0.25, 0.3) is 11.4 Å². The molecule has 1 aliphatic rings. The van der Waals surface area contributed by atoms with Crippen molar-refractivity contribution in [1.29, 1.82) is 0 Å². The van der Waals surface area contributed by atoms with Crippen molar-refractivity contribution < 1.29 is 4.39 Å². The fourth-order valence-electron chi connectivity index (χ4n) is 2.15. The van der Waals surface area contributed by atoms with Gasteiger partial charge in [0.2, 0.25) is 0 Å². The van der Waals surface area contributed by atoms with Crippen LogP contribution >= 0.6 is 23.2 Å². The Balaban J connectivity index is 2.12. The van der Waals surface area contributed by atoms with Gasteiger partial charge in [0, 0.05) is 16.8 Å². The summed E-state index contributed by atoms with van der Waals surface area (Å²) in [5.41, 5.74) is 2.59. The number of aromatic nitrogens is 2. The highest BCUT2D eigenvalue weighted by Gasteiger charge is 2.19. The van der Waals surface area contributed by atoms with Crippen molar-refractivity contribution in [3.05, 3.63) is 45.4 Å². The molecular formula is C13H9Cl2FN2. The summed E-state index contributed by atoms with van der Waals surface area (Å²) >= 11 is 11.8. The van der Waals surface area contributed by atoms with E-state index < -0.39 is 5.82 Å². The second kappa shape index (κ2) is 4.48. The third-order valence-corrected chi connectivity index (χ3v) is 3.68. The van der Waals surface area contributed by atoms with Crippen molar-refractivity contribution >= 4 is 23.2 Å². The van der Waals surface area contributed by atoms with Crippen LogP contribution < -0.4 is 0 Å². The fourth-order valence-corrected chi connectivity index (χ4v) is 2.55. The monoisotopic (exact) mass is 282 g/mol. The number of nitrogens with zero attached hydrogens (tertiary/aromatic N) is 2. The SMILES string of the molecule is Fc1cc(-c2nc(Cl)c3c(n2)CCC3)ccc1Cl. The lowest BCUT2D eigenvalue weighted by Crippen LogP contribution is -1.97. The molecule has 0 spiro atoms. The van der Waals surface area contributed by atoms with Crippen LogP contribution in [0.4, 0.5) is 4.39 Å². The van der Waals surface area contributed by atoms with Gasteiger partial charge in [-0.2, -0.15) is 0 Å². The average Bonchev–Trinajstić information content (AvgIpc) is 2.81. The lowest BCUT2D eigenvalue weighted by molar-refractivity contribution is 0.628. The van der Waals surface area contributed by atoms with Gasteiger partial charge >= 0.3 is 0 Å². The summed E-state index contributed by atoms with van der Waals surface area (Å²) in [6.45, 7) is 0. The molecule has 1 aromatic carbocycles. The van der Waals surface area contributed by atoms with E-state index in [1.54, 1.807) is 6.07 Å². The van der Waals surface area contributed by atoms with Gasteiger partial charge in [0.1, 0.15) is 11.0 Å². The van der Waals surface area contributed by atoms with Crippen LogP contribution in [-0.2, 0) is 12.8 Å². The number of rotatable bonds is 1. The van der Waals surface area contributed by atoms with E-state index in [1.165, 1.54) is 12.1 Å². The molecule has 0 radical (unpaired) electrons. The fraction of sp³-hybridized carbons (Fsp3) is 0.231. The molecule has 0 atom stereocenters. The Hall–Kier alpha value is -1.19. The van der Waals surface area contributed by atoms with Crippen molar-refractivity contribution in [3.63, 3.8) is 0 Å². The smallest absolute Gasteiger partial charge is 0.161 e. The van der Waals surface area contributed by atoms with Gasteiger partial charge in [0.15, 0.2) is 5.82 Å². The third kappa shape index (κ3) is 1.98. The van der Waals surface area contributed by atoms with Crippen molar-refractivity contribution in [2.45, 2.75) is 19.3 Å².